The first-order chi connectivity index (χ1) is 9.53. The van der Waals surface area contributed by atoms with Gasteiger partial charge in [-0.2, -0.15) is 0 Å². The lowest BCUT2D eigenvalue weighted by Gasteiger charge is -2.34. The first-order valence-corrected chi connectivity index (χ1v) is 7.49. The number of hydrogen-bond acceptors (Lipinski definition) is 3. The maximum atomic E-state index is 12.4. The molecule has 1 saturated heterocycles. The molecule has 2 heterocycles. The van der Waals surface area contributed by atoms with Gasteiger partial charge in [0.1, 0.15) is 0 Å². The molecule has 0 aromatic heterocycles. The number of amides is 1. The quantitative estimate of drug-likeness (QED) is 0.828. The Labute approximate surface area is 124 Å². The van der Waals surface area contributed by atoms with Gasteiger partial charge in [-0.1, -0.05) is 11.6 Å². The van der Waals surface area contributed by atoms with E-state index in [1.165, 1.54) is 5.56 Å². The average molecular weight is 294 g/mol. The zero-order valence-electron chi connectivity index (χ0n) is 11.7. The van der Waals surface area contributed by atoms with Crippen molar-refractivity contribution >= 4 is 23.2 Å². The van der Waals surface area contributed by atoms with E-state index in [4.69, 9.17) is 17.3 Å². The van der Waals surface area contributed by atoms with Crippen LogP contribution in [0.3, 0.4) is 0 Å². The van der Waals surface area contributed by atoms with Gasteiger partial charge in [0.25, 0.3) is 0 Å². The van der Waals surface area contributed by atoms with E-state index in [1.54, 1.807) is 6.92 Å². The van der Waals surface area contributed by atoms with E-state index in [-0.39, 0.29) is 11.3 Å². The Morgan fingerprint density at radius 3 is 2.80 bits per heavy atom. The molecule has 5 heteroatoms. The first-order valence-electron chi connectivity index (χ1n) is 7.11. The highest BCUT2D eigenvalue weighted by molar-refractivity contribution is 6.30. The molecule has 2 aliphatic heterocycles. The number of carbonyl (C=O) groups is 1. The van der Waals surface area contributed by atoms with Crippen LogP contribution in [-0.2, 0) is 10.2 Å². The van der Waals surface area contributed by atoms with Crippen LogP contribution in [0.5, 0.6) is 0 Å². The molecule has 2 aliphatic rings. The fraction of sp³-hybridized carbons (Fsp3) is 0.533. The third kappa shape index (κ3) is 2.12. The van der Waals surface area contributed by atoms with Crippen molar-refractivity contribution < 1.29 is 4.79 Å². The minimum Gasteiger partial charge on any atom is -0.320 e. The summed E-state index contributed by atoms with van der Waals surface area (Å²) >= 11 is 6.17. The average Bonchev–Trinajstić information content (AvgIpc) is 2.73. The standard InChI is InChI=1S/C15H20ClN3O/c1-10(17)14(20)19-9-15(4-6-18-7-5-15)12-8-11(16)2-3-13(12)19/h2-3,8,10,18H,4-7,9,17H2,1H3/t10-/m1/s1. The number of fused-ring (bicyclic) bond motifs is 2. The van der Waals surface area contributed by atoms with E-state index in [0.717, 1.165) is 43.2 Å². The lowest BCUT2D eigenvalue weighted by Crippen LogP contribution is -2.47. The van der Waals surface area contributed by atoms with Crippen molar-refractivity contribution in [2.45, 2.75) is 31.2 Å². The number of halogens is 1. The Morgan fingerprint density at radius 1 is 1.45 bits per heavy atom. The van der Waals surface area contributed by atoms with E-state index in [9.17, 15) is 4.79 Å². The predicted molar refractivity (Wildman–Crippen MR) is 81.2 cm³/mol. The normalized spacial score (nSPS) is 21.9. The molecule has 0 aliphatic carbocycles. The zero-order chi connectivity index (χ0) is 14.3. The highest BCUT2D eigenvalue weighted by Crippen LogP contribution is 2.47. The van der Waals surface area contributed by atoms with Crippen molar-refractivity contribution in [3.8, 4) is 0 Å². The van der Waals surface area contributed by atoms with Crippen LogP contribution < -0.4 is 16.0 Å². The van der Waals surface area contributed by atoms with Crippen molar-refractivity contribution in [2.24, 2.45) is 5.73 Å². The van der Waals surface area contributed by atoms with Crippen LogP contribution in [0.2, 0.25) is 5.02 Å². The molecule has 1 atom stereocenters. The zero-order valence-corrected chi connectivity index (χ0v) is 12.4. The number of rotatable bonds is 1. The molecular formula is C15H20ClN3O. The summed E-state index contributed by atoms with van der Waals surface area (Å²) in [5, 5.41) is 4.12. The van der Waals surface area contributed by atoms with Crippen LogP contribution in [0.15, 0.2) is 18.2 Å². The molecule has 0 bridgehead atoms. The van der Waals surface area contributed by atoms with Gasteiger partial charge in [-0.25, -0.2) is 0 Å². The van der Waals surface area contributed by atoms with Gasteiger partial charge in [0, 0.05) is 22.7 Å². The molecule has 20 heavy (non-hydrogen) atoms. The van der Waals surface area contributed by atoms with E-state index >= 15 is 0 Å². The van der Waals surface area contributed by atoms with E-state index in [0.29, 0.717) is 0 Å². The minimum absolute atomic E-state index is 0.0102. The number of hydrogen-bond donors (Lipinski definition) is 2. The summed E-state index contributed by atoms with van der Waals surface area (Å²) in [4.78, 5) is 14.2. The summed E-state index contributed by atoms with van der Waals surface area (Å²) in [5.41, 5.74) is 8.02. The molecule has 0 saturated carbocycles. The maximum Gasteiger partial charge on any atom is 0.243 e. The van der Waals surface area contributed by atoms with Crippen molar-refractivity contribution in [1.29, 1.82) is 0 Å². The lowest BCUT2D eigenvalue weighted by molar-refractivity contribution is -0.119. The van der Waals surface area contributed by atoms with Gasteiger partial charge in [-0.15, -0.1) is 0 Å². The molecule has 0 unspecified atom stereocenters. The van der Waals surface area contributed by atoms with Gasteiger partial charge in [0.2, 0.25) is 5.91 Å². The summed E-state index contributed by atoms with van der Waals surface area (Å²) in [6.45, 7) is 4.42. The second-order valence-electron chi connectivity index (χ2n) is 5.90. The molecule has 1 spiro atoms. The van der Waals surface area contributed by atoms with Crippen molar-refractivity contribution in [1.82, 2.24) is 5.32 Å². The number of nitrogens with two attached hydrogens (primary N) is 1. The summed E-state index contributed by atoms with van der Waals surface area (Å²) < 4.78 is 0. The fourth-order valence-electron chi connectivity index (χ4n) is 3.42. The van der Waals surface area contributed by atoms with Crippen LogP contribution >= 0.6 is 11.6 Å². The number of benzene rings is 1. The summed E-state index contributed by atoms with van der Waals surface area (Å²) in [5.74, 6) is -0.0102. The van der Waals surface area contributed by atoms with Crippen LogP contribution in [0.4, 0.5) is 5.69 Å². The summed E-state index contributed by atoms with van der Waals surface area (Å²) in [6, 6.07) is 5.35. The van der Waals surface area contributed by atoms with Gasteiger partial charge in [-0.3, -0.25) is 4.79 Å². The third-order valence-electron chi connectivity index (χ3n) is 4.50. The Morgan fingerprint density at radius 2 is 2.15 bits per heavy atom. The summed E-state index contributed by atoms with van der Waals surface area (Å²) in [6.07, 6.45) is 2.06. The van der Waals surface area contributed by atoms with E-state index in [1.807, 2.05) is 23.1 Å². The second kappa shape index (κ2) is 5.02. The van der Waals surface area contributed by atoms with Crippen LogP contribution in [0.1, 0.15) is 25.3 Å². The minimum atomic E-state index is -0.476. The number of piperidine rings is 1. The number of anilines is 1. The molecule has 1 aromatic rings. The van der Waals surface area contributed by atoms with Gasteiger partial charge >= 0.3 is 0 Å². The van der Waals surface area contributed by atoms with Crippen molar-refractivity contribution in [3.63, 3.8) is 0 Å². The molecule has 3 N–H and O–H groups in total. The Bertz CT molecular complexity index is 538. The largest absolute Gasteiger partial charge is 0.320 e. The predicted octanol–water partition coefficient (Wildman–Crippen LogP) is 1.66. The van der Waals surface area contributed by atoms with Crippen LogP contribution in [-0.4, -0.2) is 31.6 Å². The molecule has 1 fully saturated rings. The highest BCUT2D eigenvalue weighted by atomic mass is 35.5. The monoisotopic (exact) mass is 293 g/mol. The lowest BCUT2D eigenvalue weighted by atomic mass is 9.75. The Hall–Kier alpha value is -1.10. The molecule has 108 valence electrons. The fourth-order valence-corrected chi connectivity index (χ4v) is 3.59. The van der Waals surface area contributed by atoms with Crippen molar-refractivity contribution in [3.05, 3.63) is 28.8 Å². The van der Waals surface area contributed by atoms with Crippen molar-refractivity contribution in [2.75, 3.05) is 24.5 Å². The Kier molecular flexibility index (Phi) is 3.48. The molecule has 4 nitrogen and oxygen atoms in total. The highest BCUT2D eigenvalue weighted by Gasteiger charge is 2.45. The topological polar surface area (TPSA) is 58.4 Å². The molecular weight excluding hydrogens is 274 g/mol. The molecule has 1 amide bonds. The van der Waals surface area contributed by atoms with Gasteiger partial charge in [0.05, 0.1) is 6.04 Å². The van der Waals surface area contributed by atoms with Gasteiger partial charge in [0.15, 0.2) is 0 Å². The van der Waals surface area contributed by atoms with Gasteiger partial charge < -0.3 is 16.0 Å². The number of carbonyl (C=O) groups excluding carboxylic acids is 1. The van der Waals surface area contributed by atoms with E-state index < -0.39 is 6.04 Å². The number of nitrogens with zero attached hydrogens (tertiary/aromatic N) is 1. The van der Waals surface area contributed by atoms with Crippen LogP contribution in [0, 0.1) is 0 Å². The third-order valence-corrected chi connectivity index (χ3v) is 4.73. The molecule has 3 rings (SSSR count). The summed E-state index contributed by atoms with van der Waals surface area (Å²) in [7, 11) is 0. The molecule has 0 radical (unpaired) electrons. The maximum absolute atomic E-state index is 12.4. The SMILES string of the molecule is C[C@@H](N)C(=O)N1CC2(CCNCC2)c2cc(Cl)ccc21. The Balaban J connectivity index is 2.06. The van der Waals surface area contributed by atoms with E-state index in [2.05, 4.69) is 5.32 Å². The van der Waals surface area contributed by atoms with Crippen LogP contribution in [0.25, 0.3) is 0 Å². The van der Waals surface area contributed by atoms with Gasteiger partial charge in [-0.05, 0) is 56.6 Å². The number of nitrogens with one attached hydrogen (secondary N) is 1. The molecule has 1 aromatic carbocycles. The first kappa shape index (κ1) is 13.9. The smallest absolute Gasteiger partial charge is 0.243 e. The second-order valence-corrected chi connectivity index (χ2v) is 6.34.